The lowest BCUT2D eigenvalue weighted by molar-refractivity contribution is -0.140. The minimum absolute atomic E-state index is 0.0606. The number of nitrogens with zero attached hydrogens (tertiary/aromatic N) is 2. The number of benzene rings is 1. The molecule has 4 rings (SSSR count). The monoisotopic (exact) mass is 368 g/mol. The summed E-state index contributed by atoms with van der Waals surface area (Å²) in [5, 5.41) is 3.06. The topological polar surface area (TPSA) is 78.1 Å². The molecule has 0 bridgehead atoms. The van der Waals surface area contributed by atoms with Gasteiger partial charge in [-0.05, 0) is 37.8 Å². The van der Waals surface area contributed by atoms with Gasteiger partial charge in [-0.15, -0.1) is 0 Å². The van der Waals surface area contributed by atoms with Gasteiger partial charge in [0.05, 0.1) is 17.0 Å². The maximum Gasteiger partial charge on any atom is 0.224 e. The van der Waals surface area contributed by atoms with E-state index in [1.54, 1.807) is 0 Å². The number of piperidine rings is 1. The highest BCUT2D eigenvalue weighted by Crippen LogP contribution is 2.28. The molecule has 2 N–H and O–H groups in total. The van der Waals surface area contributed by atoms with Crippen molar-refractivity contribution in [3.8, 4) is 0 Å². The van der Waals surface area contributed by atoms with E-state index in [-0.39, 0.29) is 17.7 Å². The molecule has 0 spiro atoms. The number of aromatic amines is 1. The molecule has 2 aromatic rings. The Hall–Kier alpha value is -2.37. The van der Waals surface area contributed by atoms with E-state index in [0.717, 1.165) is 42.5 Å². The number of fused-ring (bicyclic) bond motifs is 1. The summed E-state index contributed by atoms with van der Waals surface area (Å²) in [5.74, 6) is 1.22. The summed E-state index contributed by atoms with van der Waals surface area (Å²) in [5.41, 5.74) is 2.03. The first-order valence-electron chi connectivity index (χ1n) is 10.2. The Balaban J connectivity index is 1.23. The Morgan fingerprint density at radius 1 is 1.22 bits per heavy atom. The van der Waals surface area contributed by atoms with Crippen LogP contribution in [0.2, 0.25) is 0 Å². The first-order chi connectivity index (χ1) is 13.2. The summed E-state index contributed by atoms with van der Waals surface area (Å²) in [6.45, 7) is 1.24. The van der Waals surface area contributed by atoms with Gasteiger partial charge in [0, 0.05) is 32.0 Å². The Morgan fingerprint density at radius 2 is 2.04 bits per heavy atom. The molecule has 2 fully saturated rings. The molecular weight excluding hydrogens is 340 g/mol. The molecule has 2 amide bonds. The number of nitrogens with one attached hydrogen (secondary N) is 2. The van der Waals surface area contributed by atoms with Gasteiger partial charge in [0.25, 0.3) is 0 Å². The van der Waals surface area contributed by atoms with Crippen LogP contribution in [-0.2, 0) is 16.0 Å². The summed E-state index contributed by atoms with van der Waals surface area (Å²) in [6, 6.07) is 8.36. The largest absolute Gasteiger partial charge is 0.356 e. The van der Waals surface area contributed by atoms with Crippen molar-refractivity contribution in [2.45, 2.75) is 57.4 Å². The van der Waals surface area contributed by atoms with Gasteiger partial charge in [-0.1, -0.05) is 25.0 Å². The summed E-state index contributed by atoms with van der Waals surface area (Å²) in [4.78, 5) is 34.6. The van der Waals surface area contributed by atoms with E-state index in [0.29, 0.717) is 32.0 Å². The van der Waals surface area contributed by atoms with Crippen molar-refractivity contribution in [1.82, 2.24) is 20.2 Å². The third-order valence-electron chi connectivity index (χ3n) is 5.91. The average Bonchev–Trinajstić information content (AvgIpc) is 3.34. The summed E-state index contributed by atoms with van der Waals surface area (Å²) >= 11 is 0. The van der Waals surface area contributed by atoms with E-state index in [1.807, 2.05) is 29.2 Å². The van der Waals surface area contributed by atoms with Crippen molar-refractivity contribution in [1.29, 1.82) is 0 Å². The van der Waals surface area contributed by atoms with Gasteiger partial charge >= 0.3 is 0 Å². The van der Waals surface area contributed by atoms with Crippen LogP contribution in [0.3, 0.4) is 0 Å². The number of likely N-dealkylation sites (tertiary alicyclic amines) is 1. The smallest absolute Gasteiger partial charge is 0.224 e. The molecule has 1 saturated heterocycles. The zero-order valence-electron chi connectivity index (χ0n) is 15.7. The molecule has 27 heavy (non-hydrogen) atoms. The highest BCUT2D eigenvalue weighted by atomic mass is 16.2. The van der Waals surface area contributed by atoms with Gasteiger partial charge in [0.1, 0.15) is 5.82 Å². The maximum absolute atomic E-state index is 12.5. The van der Waals surface area contributed by atoms with Crippen LogP contribution in [0.1, 0.15) is 50.8 Å². The molecule has 144 valence electrons. The minimum atomic E-state index is -0.0606. The highest BCUT2D eigenvalue weighted by molar-refractivity contribution is 5.84. The number of carbonyl (C=O) groups is 2. The van der Waals surface area contributed by atoms with Crippen molar-refractivity contribution in [3.05, 3.63) is 30.1 Å². The van der Waals surface area contributed by atoms with Crippen LogP contribution in [0.15, 0.2) is 24.3 Å². The van der Waals surface area contributed by atoms with Crippen molar-refractivity contribution in [3.63, 3.8) is 0 Å². The van der Waals surface area contributed by atoms with E-state index in [1.165, 1.54) is 12.8 Å². The summed E-state index contributed by atoms with van der Waals surface area (Å²) < 4.78 is 0. The van der Waals surface area contributed by atoms with Crippen LogP contribution in [0.5, 0.6) is 0 Å². The molecule has 1 aliphatic heterocycles. The number of aromatic nitrogens is 2. The molecule has 1 saturated carbocycles. The molecule has 2 aliphatic rings. The fourth-order valence-corrected chi connectivity index (χ4v) is 4.39. The molecule has 2 heterocycles. The number of amides is 2. The third-order valence-corrected chi connectivity index (χ3v) is 5.91. The van der Waals surface area contributed by atoms with E-state index in [2.05, 4.69) is 15.3 Å². The van der Waals surface area contributed by atoms with Gasteiger partial charge < -0.3 is 15.2 Å². The molecular formula is C21H28N4O2. The average molecular weight is 368 g/mol. The second-order valence-corrected chi connectivity index (χ2v) is 7.82. The summed E-state index contributed by atoms with van der Waals surface area (Å²) in [7, 11) is 0. The number of hydrogen-bond donors (Lipinski definition) is 2. The van der Waals surface area contributed by atoms with Crippen molar-refractivity contribution < 1.29 is 9.59 Å². The number of imidazole rings is 1. The number of carbonyl (C=O) groups excluding carboxylic acids is 2. The molecule has 0 radical (unpaired) electrons. The Kier molecular flexibility index (Phi) is 5.41. The number of H-pyrrole nitrogens is 1. The van der Waals surface area contributed by atoms with Gasteiger partial charge in [0.2, 0.25) is 11.8 Å². The van der Waals surface area contributed by atoms with Crippen LogP contribution in [0.25, 0.3) is 11.0 Å². The predicted molar refractivity (Wildman–Crippen MR) is 104 cm³/mol. The lowest BCUT2D eigenvalue weighted by atomic mass is 9.95. The quantitative estimate of drug-likeness (QED) is 0.770. The van der Waals surface area contributed by atoms with Crippen molar-refractivity contribution in [2.75, 3.05) is 13.1 Å². The van der Waals surface area contributed by atoms with Crippen LogP contribution < -0.4 is 5.32 Å². The fraction of sp³-hybridized carbons (Fsp3) is 0.571. The van der Waals surface area contributed by atoms with Gasteiger partial charge in [-0.2, -0.15) is 0 Å². The predicted octanol–water partition coefficient (Wildman–Crippen LogP) is 2.79. The van der Waals surface area contributed by atoms with Crippen LogP contribution in [-0.4, -0.2) is 45.8 Å². The Bertz CT molecular complexity index is 776. The molecule has 1 atom stereocenters. The number of aryl methyl sites for hydroxylation is 1. The second kappa shape index (κ2) is 8.11. The molecule has 1 aliphatic carbocycles. The van der Waals surface area contributed by atoms with Crippen LogP contribution in [0.4, 0.5) is 0 Å². The van der Waals surface area contributed by atoms with E-state index >= 15 is 0 Å². The SMILES string of the molecule is O=C(NCCCc1nc2ccccc2[nH]1)C1CCC(=O)N(C2CCCC2)C1. The van der Waals surface area contributed by atoms with Crippen molar-refractivity contribution >= 4 is 22.8 Å². The van der Waals surface area contributed by atoms with Crippen LogP contribution in [0, 0.1) is 5.92 Å². The van der Waals surface area contributed by atoms with E-state index in [9.17, 15) is 9.59 Å². The lowest BCUT2D eigenvalue weighted by Crippen LogP contribution is -2.49. The van der Waals surface area contributed by atoms with E-state index < -0.39 is 0 Å². The third kappa shape index (κ3) is 4.15. The first kappa shape index (κ1) is 18.0. The number of hydrogen-bond acceptors (Lipinski definition) is 3. The maximum atomic E-state index is 12.5. The molecule has 1 unspecified atom stereocenters. The van der Waals surface area contributed by atoms with E-state index in [4.69, 9.17) is 0 Å². The second-order valence-electron chi connectivity index (χ2n) is 7.82. The molecule has 1 aromatic heterocycles. The Labute approximate surface area is 159 Å². The number of para-hydroxylation sites is 2. The fourth-order valence-electron chi connectivity index (χ4n) is 4.39. The van der Waals surface area contributed by atoms with Gasteiger partial charge in [-0.25, -0.2) is 4.98 Å². The first-order valence-corrected chi connectivity index (χ1v) is 10.2. The highest BCUT2D eigenvalue weighted by Gasteiger charge is 2.34. The van der Waals surface area contributed by atoms with Crippen LogP contribution >= 0.6 is 0 Å². The number of rotatable bonds is 6. The Morgan fingerprint density at radius 3 is 2.85 bits per heavy atom. The zero-order valence-corrected chi connectivity index (χ0v) is 15.7. The van der Waals surface area contributed by atoms with Gasteiger partial charge in [-0.3, -0.25) is 9.59 Å². The zero-order chi connectivity index (χ0) is 18.6. The summed E-state index contributed by atoms with van der Waals surface area (Å²) in [6.07, 6.45) is 7.44. The molecule has 1 aromatic carbocycles. The normalized spacial score (nSPS) is 21.1. The molecule has 6 heteroatoms. The molecule has 6 nitrogen and oxygen atoms in total. The lowest BCUT2D eigenvalue weighted by Gasteiger charge is -2.36. The van der Waals surface area contributed by atoms with Crippen molar-refractivity contribution in [2.24, 2.45) is 5.92 Å². The standard InChI is InChI=1S/C21H28N4O2/c26-20-12-11-15(14-25(20)16-6-1-2-7-16)21(27)22-13-5-10-19-23-17-8-3-4-9-18(17)24-19/h3-4,8-9,15-16H,1-2,5-7,10-14H2,(H,22,27)(H,23,24). The minimum Gasteiger partial charge on any atom is -0.356 e. The van der Waals surface area contributed by atoms with Gasteiger partial charge in [0.15, 0.2) is 0 Å².